The Morgan fingerprint density at radius 3 is 1.76 bits per heavy atom. The van der Waals surface area contributed by atoms with Gasteiger partial charge in [0.25, 0.3) is 0 Å². The average Bonchev–Trinajstić information content (AvgIpc) is 2.26. The van der Waals surface area contributed by atoms with E-state index < -0.39 is 24.0 Å². The minimum absolute atomic E-state index is 0.461. The molecule has 0 aromatic carbocycles. The SMILES string of the molecule is CCCC[C@H](NN[C@@H](CCC)C(=O)O)C(=O)O. The molecular formula is C11H22N2O4. The molecule has 0 bridgehead atoms. The number of hydrogen-bond acceptors (Lipinski definition) is 4. The number of rotatable bonds is 10. The molecule has 0 radical (unpaired) electrons. The molecule has 0 aliphatic rings. The molecule has 0 fully saturated rings. The van der Waals surface area contributed by atoms with Crippen molar-refractivity contribution in [2.75, 3.05) is 0 Å². The van der Waals surface area contributed by atoms with E-state index in [2.05, 4.69) is 10.9 Å². The Morgan fingerprint density at radius 2 is 1.41 bits per heavy atom. The van der Waals surface area contributed by atoms with Crippen LogP contribution in [0.2, 0.25) is 0 Å². The Hall–Kier alpha value is -1.14. The third-order valence-electron chi connectivity index (χ3n) is 2.45. The summed E-state index contributed by atoms with van der Waals surface area (Å²) in [5.74, 6) is -1.94. The molecule has 0 aromatic rings. The van der Waals surface area contributed by atoms with Crippen molar-refractivity contribution >= 4 is 11.9 Å². The van der Waals surface area contributed by atoms with Gasteiger partial charge in [-0.15, -0.1) is 0 Å². The molecule has 100 valence electrons. The number of hydrogen-bond donors (Lipinski definition) is 4. The molecule has 0 aliphatic heterocycles. The van der Waals surface area contributed by atoms with Gasteiger partial charge in [-0.05, 0) is 12.8 Å². The van der Waals surface area contributed by atoms with Crippen molar-refractivity contribution in [3.05, 3.63) is 0 Å². The predicted octanol–water partition coefficient (Wildman–Crippen LogP) is 0.977. The monoisotopic (exact) mass is 246 g/mol. The maximum absolute atomic E-state index is 10.9. The first-order chi connectivity index (χ1) is 8.02. The van der Waals surface area contributed by atoms with Crippen LogP contribution in [0.25, 0.3) is 0 Å². The zero-order valence-electron chi connectivity index (χ0n) is 10.4. The summed E-state index contributed by atoms with van der Waals surface area (Å²) in [6.45, 7) is 3.85. The van der Waals surface area contributed by atoms with Crippen molar-refractivity contribution in [1.29, 1.82) is 0 Å². The van der Waals surface area contributed by atoms with Crippen molar-refractivity contribution in [3.63, 3.8) is 0 Å². The average molecular weight is 246 g/mol. The van der Waals surface area contributed by atoms with E-state index >= 15 is 0 Å². The van der Waals surface area contributed by atoms with Crippen molar-refractivity contribution in [2.45, 2.75) is 58.0 Å². The smallest absolute Gasteiger partial charge is 0.322 e. The zero-order valence-corrected chi connectivity index (χ0v) is 10.4. The molecular weight excluding hydrogens is 224 g/mol. The number of unbranched alkanes of at least 4 members (excludes halogenated alkanes) is 1. The van der Waals surface area contributed by atoms with Crippen LogP contribution >= 0.6 is 0 Å². The quantitative estimate of drug-likeness (QED) is 0.429. The van der Waals surface area contributed by atoms with Crippen LogP contribution in [-0.4, -0.2) is 34.2 Å². The minimum atomic E-state index is -0.973. The molecule has 6 nitrogen and oxygen atoms in total. The lowest BCUT2D eigenvalue weighted by Crippen LogP contribution is -2.52. The Bertz CT molecular complexity index is 246. The third kappa shape index (κ3) is 6.91. The number of nitrogens with one attached hydrogen (secondary N) is 2. The first kappa shape index (κ1) is 15.9. The van der Waals surface area contributed by atoms with Crippen LogP contribution < -0.4 is 10.9 Å². The fourth-order valence-electron chi connectivity index (χ4n) is 1.41. The number of carboxylic acid groups (broad SMARTS) is 2. The van der Waals surface area contributed by atoms with Gasteiger partial charge in [-0.1, -0.05) is 33.1 Å². The van der Waals surface area contributed by atoms with Crippen molar-refractivity contribution < 1.29 is 19.8 Å². The first-order valence-electron chi connectivity index (χ1n) is 5.99. The zero-order chi connectivity index (χ0) is 13.3. The van der Waals surface area contributed by atoms with Gasteiger partial charge < -0.3 is 10.2 Å². The number of carboxylic acids is 2. The second-order valence-electron chi connectivity index (χ2n) is 4.00. The second kappa shape index (κ2) is 8.95. The number of carbonyl (C=O) groups is 2. The van der Waals surface area contributed by atoms with E-state index in [1.165, 1.54) is 0 Å². The molecule has 0 spiro atoms. The molecule has 2 atom stereocenters. The van der Waals surface area contributed by atoms with E-state index in [0.29, 0.717) is 12.8 Å². The summed E-state index contributed by atoms with van der Waals surface area (Å²) < 4.78 is 0. The van der Waals surface area contributed by atoms with Crippen molar-refractivity contribution in [1.82, 2.24) is 10.9 Å². The Balaban J connectivity index is 4.16. The standard InChI is InChI=1S/C11H22N2O4/c1-3-5-7-9(11(16)17)13-12-8(6-4-2)10(14)15/h8-9,12-13H,3-7H2,1-2H3,(H,14,15)(H,16,17)/t8-,9-/m0/s1. The maximum Gasteiger partial charge on any atom is 0.322 e. The van der Waals surface area contributed by atoms with Crippen LogP contribution in [-0.2, 0) is 9.59 Å². The fraction of sp³-hybridized carbons (Fsp3) is 0.818. The van der Waals surface area contributed by atoms with Gasteiger partial charge in [-0.2, -0.15) is 0 Å². The molecule has 6 heteroatoms. The molecule has 0 rings (SSSR count). The van der Waals surface area contributed by atoms with E-state index in [1.54, 1.807) is 0 Å². The van der Waals surface area contributed by atoms with Crippen LogP contribution in [0.4, 0.5) is 0 Å². The summed E-state index contributed by atoms with van der Waals surface area (Å²) in [5, 5.41) is 17.8. The lowest BCUT2D eigenvalue weighted by atomic mass is 10.1. The van der Waals surface area contributed by atoms with Crippen molar-refractivity contribution in [2.24, 2.45) is 0 Å². The van der Waals surface area contributed by atoms with Gasteiger partial charge in [-0.25, -0.2) is 10.9 Å². The number of hydrazine groups is 1. The second-order valence-corrected chi connectivity index (χ2v) is 4.00. The van der Waals surface area contributed by atoms with Gasteiger partial charge in [0.05, 0.1) is 0 Å². The van der Waals surface area contributed by atoms with Gasteiger partial charge in [0.15, 0.2) is 0 Å². The summed E-state index contributed by atoms with van der Waals surface area (Å²) >= 11 is 0. The summed E-state index contributed by atoms with van der Waals surface area (Å²) in [4.78, 5) is 21.7. The fourth-order valence-corrected chi connectivity index (χ4v) is 1.41. The summed E-state index contributed by atoms with van der Waals surface area (Å²) in [7, 11) is 0. The lowest BCUT2D eigenvalue weighted by molar-refractivity contribution is -0.143. The number of aliphatic carboxylic acids is 2. The van der Waals surface area contributed by atoms with Crippen LogP contribution in [0.1, 0.15) is 46.0 Å². The highest BCUT2D eigenvalue weighted by Gasteiger charge is 2.20. The summed E-state index contributed by atoms with van der Waals surface area (Å²) in [5.41, 5.74) is 5.17. The van der Waals surface area contributed by atoms with Gasteiger partial charge in [-0.3, -0.25) is 9.59 Å². The minimum Gasteiger partial charge on any atom is -0.480 e. The van der Waals surface area contributed by atoms with Gasteiger partial charge >= 0.3 is 11.9 Å². The van der Waals surface area contributed by atoms with Gasteiger partial charge in [0, 0.05) is 0 Å². The van der Waals surface area contributed by atoms with Crippen LogP contribution in [0.15, 0.2) is 0 Å². The highest BCUT2D eigenvalue weighted by molar-refractivity contribution is 5.74. The van der Waals surface area contributed by atoms with Crippen LogP contribution in [0.3, 0.4) is 0 Å². The van der Waals surface area contributed by atoms with E-state index in [9.17, 15) is 9.59 Å². The molecule has 4 N–H and O–H groups in total. The molecule has 0 unspecified atom stereocenters. The van der Waals surface area contributed by atoms with E-state index in [1.807, 2.05) is 13.8 Å². The van der Waals surface area contributed by atoms with E-state index in [0.717, 1.165) is 19.3 Å². The lowest BCUT2D eigenvalue weighted by Gasteiger charge is -2.19. The van der Waals surface area contributed by atoms with Crippen LogP contribution in [0, 0.1) is 0 Å². The Morgan fingerprint density at radius 1 is 0.941 bits per heavy atom. The predicted molar refractivity (Wildman–Crippen MR) is 63.6 cm³/mol. The largest absolute Gasteiger partial charge is 0.480 e. The molecule has 17 heavy (non-hydrogen) atoms. The summed E-state index contributed by atoms with van der Waals surface area (Å²) in [6, 6.07) is -1.49. The third-order valence-corrected chi connectivity index (χ3v) is 2.45. The van der Waals surface area contributed by atoms with Gasteiger partial charge in [0.1, 0.15) is 12.1 Å². The Labute approximate surface area is 101 Å². The van der Waals surface area contributed by atoms with Gasteiger partial charge in [0.2, 0.25) is 0 Å². The van der Waals surface area contributed by atoms with E-state index in [4.69, 9.17) is 10.2 Å². The molecule has 0 saturated carbocycles. The topological polar surface area (TPSA) is 98.7 Å². The Kier molecular flexibility index (Phi) is 8.35. The normalized spacial score (nSPS) is 14.2. The van der Waals surface area contributed by atoms with Crippen molar-refractivity contribution in [3.8, 4) is 0 Å². The molecule has 0 saturated heterocycles. The molecule has 0 heterocycles. The molecule has 0 aromatic heterocycles. The van der Waals surface area contributed by atoms with Crippen LogP contribution in [0.5, 0.6) is 0 Å². The molecule has 0 aliphatic carbocycles. The molecule has 0 amide bonds. The highest BCUT2D eigenvalue weighted by Crippen LogP contribution is 2.01. The van der Waals surface area contributed by atoms with E-state index in [-0.39, 0.29) is 0 Å². The first-order valence-corrected chi connectivity index (χ1v) is 5.99. The highest BCUT2D eigenvalue weighted by atomic mass is 16.4. The summed E-state index contributed by atoms with van der Waals surface area (Å²) in [6.07, 6.45) is 3.36. The maximum atomic E-state index is 10.9.